The number of carbonyl (C=O) groups is 5. The number of benzene rings is 2. The summed E-state index contributed by atoms with van der Waals surface area (Å²) in [4.78, 5) is 67.8. The van der Waals surface area contributed by atoms with E-state index in [1.807, 2.05) is 60.7 Å². The van der Waals surface area contributed by atoms with Crippen LogP contribution in [-0.4, -0.2) is 97.3 Å². The molecule has 13 nitrogen and oxygen atoms in total. The van der Waals surface area contributed by atoms with Crippen molar-refractivity contribution in [3.8, 4) is 0 Å². The fourth-order valence-corrected chi connectivity index (χ4v) is 5.64. The van der Waals surface area contributed by atoms with E-state index in [0.717, 1.165) is 24.1 Å². The first-order chi connectivity index (χ1) is 23.9. The van der Waals surface area contributed by atoms with E-state index in [2.05, 4.69) is 20.9 Å². The molecule has 1 aliphatic heterocycles. The SMILES string of the molecule is COC(=O)[C@H](CCNC(=O)[C@H](CCCCNC(=O)OCc1ccccc1)N(C)C(=O)OC(C)(C)C)NC(=O)[C@@H]1CCCN1Cc1ccccc1. The van der Waals surface area contributed by atoms with Crippen molar-refractivity contribution >= 4 is 30.0 Å². The van der Waals surface area contributed by atoms with Crippen LogP contribution >= 0.6 is 0 Å². The average Bonchev–Trinajstić information content (AvgIpc) is 3.56. The molecule has 3 atom stereocenters. The molecule has 0 bridgehead atoms. The summed E-state index contributed by atoms with van der Waals surface area (Å²) in [5.41, 5.74) is 1.21. The van der Waals surface area contributed by atoms with Crippen molar-refractivity contribution in [3.05, 3.63) is 71.8 Å². The van der Waals surface area contributed by atoms with Gasteiger partial charge >= 0.3 is 18.2 Å². The average molecular weight is 696 g/mol. The normalized spacial score (nSPS) is 15.7. The van der Waals surface area contributed by atoms with Crippen LogP contribution in [-0.2, 0) is 41.7 Å². The summed E-state index contributed by atoms with van der Waals surface area (Å²) in [6.45, 7) is 7.14. The third-order valence-electron chi connectivity index (χ3n) is 8.27. The second kappa shape index (κ2) is 20.1. The van der Waals surface area contributed by atoms with Crippen molar-refractivity contribution in [2.75, 3.05) is 33.8 Å². The van der Waals surface area contributed by atoms with E-state index in [1.54, 1.807) is 20.8 Å². The summed E-state index contributed by atoms with van der Waals surface area (Å²) in [6, 6.07) is 17.0. The Morgan fingerprint density at radius 1 is 0.900 bits per heavy atom. The first kappa shape index (κ1) is 39.8. The highest BCUT2D eigenvalue weighted by Crippen LogP contribution is 2.21. The summed E-state index contributed by atoms with van der Waals surface area (Å²) in [5, 5.41) is 8.36. The second-order valence-electron chi connectivity index (χ2n) is 13.4. The minimum Gasteiger partial charge on any atom is -0.467 e. The Bertz CT molecular complexity index is 1390. The van der Waals surface area contributed by atoms with Gasteiger partial charge in [0.05, 0.1) is 13.2 Å². The predicted molar refractivity (Wildman–Crippen MR) is 188 cm³/mol. The molecule has 0 saturated carbocycles. The maximum Gasteiger partial charge on any atom is 0.410 e. The van der Waals surface area contributed by atoms with Crippen LogP contribution in [0.25, 0.3) is 0 Å². The van der Waals surface area contributed by atoms with Gasteiger partial charge in [-0.05, 0) is 77.0 Å². The van der Waals surface area contributed by atoms with Crippen LogP contribution in [0.3, 0.4) is 0 Å². The van der Waals surface area contributed by atoms with Gasteiger partial charge in [0.2, 0.25) is 11.8 Å². The second-order valence-corrected chi connectivity index (χ2v) is 13.4. The van der Waals surface area contributed by atoms with E-state index in [0.29, 0.717) is 38.8 Å². The van der Waals surface area contributed by atoms with Crippen LogP contribution in [0.2, 0.25) is 0 Å². The standard InChI is InChI=1S/C37H53N5O8/c1-37(2,3)50-36(47)41(4)30(19-12-13-22-39-35(46)49-26-28-17-10-7-11-18-28)32(43)38-23-21-29(34(45)48-5)40-33(44)31-20-14-24-42(31)25-27-15-8-6-9-16-27/h6-11,15-18,29-31H,12-14,19-26H2,1-5H3,(H,38,43)(H,39,46)(H,40,44)/t29-,30-,31-/m0/s1. The van der Waals surface area contributed by atoms with Gasteiger partial charge in [-0.25, -0.2) is 14.4 Å². The van der Waals surface area contributed by atoms with Crippen molar-refractivity contribution < 1.29 is 38.2 Å². The number of unbranched alkanes of at least 4 members (excludes halogenated alkanes) is 1. The molecule has 0 spiro atoms. The molecule has 3 rings (SSSR count). The van der Waals surface area contributed by atoms with Gasteiger partial charge in [0, 0.05) is 26.7 Å². The molecule has 13 heteroatoms. The lowest BCUT2D eigenvalue weighted by molar-refractivity contribution is -0.146. The van der Waals surface area contributed by atoms with E-state index >= 15 is 0 Å². The monoisotopic (exact) mass is 695 g/mol. The topological polar surface area (TPSA) is 156 Å². The molecule has 1 saturated heterocycles. The molecule has 1 fully saturated rings. The summed E-state index contributed by atoms with van der Waals surface area (Å²) in [6.07, 6.45) is 1.76. The number of likely N-dealkylation sites (N-methyl/N-ethyl adjacent to an activating group) is 1. The maximum atomic E-state index is 13.5. The summed E-state index contributed by atoms with van der Waals surface area (Å²) >= 11 is 0. The molecule has 4 amide bonds. The van der Waals surface area contributed by atoms with E-state index in [-0.39, 0.29) is 31.5 Å². The highest BCUT2D eigenvalue weighted by Gasteiger charge is 2.34. The van der Waals surface area contributed by atoms with Gasteiger partial charge in [-0.3, -0.25) is 19.4 Å². The number of likely N-dealkylation sites (tertiary alicyclic amines) is 1. The molecule has 2 aromatic rings. The number of carbonyl (C=O) groups excluding carboxylic acids is 5. The Labute approximate surface area is 295 Å². The van der Waals surface area contributed by atoms with Gasteiger partial charge < -0.3 is 30.2 Å². The Balaban J connectivity index is 1.53. The van der Waals surface area contributed by atoms with Gasteiger partial charge in [-0.2, -0.15) is 0 Å². The Morgan fingerprint density at radius 2 is 1.56 bits per heavy atom. The fourth-order valence-electron chi connectivity index (χ4n) is 5.64. The smallest absolute Gasteiger partial charge is 0.410 e. The third kappa shape index (κ3) is 13.7. The number of methoxy groups -OCH3 is 1. The van der Waals surface area contributed by atoms with Crippen LogP contribution in [0.5, 0.6) is 0 Å². The summed E-state index contributed by atoms with van der Waals surface area (Å²) in [7, 11) is 2.75. The highest BCUT2D eigenvalue weighted by molar-refractivity contribution is 5.88. The first-order valence-corrected chi connectivity index (χ1v) is 17.2. The van der Waals surface area contributed by atoms with Crippen molar-refractivity contribution in [2.45, 2.75) is 96.2 Å². The molecule has 274 valence electrons. The van der Waals surface area contributed by atoms with E-state index in [9.17, 15) is 24.0 Å². The highest BCUT2D eigenvalue weighted by atomic mass is 16.6. The molecule has 3 N–H and O–H groups in total. The van der Waals surface area contributed by atoms with Gasteiger partial charge in [0.25, 0.3) is 0 Å². The maximum absolute atomic E-state index is 13.5. The lowest BCUT2D eigenvalue weighted by Gasteiger charge is -2.30. The van der Waals surface area contributed by atoms with Crippen LogP contribution in [0, 0.1) is 0 Å². The zero-order chi connectivity index (χ0) is 36.5. The quantitative estimate of drug-likeness (QED) is 0.126. The number of esters is 1. The van der Waals surface area contributed by atoms with Gasteiger partial charge in [0.15, 0.2) is 0 Å². The number of alkyl carbamates (subject to hydrolysis) is 1. The number of nitrogens with one attached hydrogen (secondary N) is 3. The van der Waals surface area contributed by atoms with Crippen molar-refractivity contribution in [1.29, 1.82) is 0 Å². The minimum atomic E-state index is -0.971. The predicted octanol–water partition coefficient (Wildman–Crippen LogP) is 4.15. The molecule has 0 aliphatic carbocycles. The first-order valence-electron chi connectivity index (χ1n) is 17.2. The molecule has 50 heavy (non-hydrogen) atoms. The Kier molecular flexibility index (Phi) is 16.0. The van der Waals surface area contributed by atoms with Crippen LogP contribution in [0.1, 0.15) is 70.4 Å². The molecule has 1 heterocycles. The summed E-state index contributed by atoms with van der Waals surface area (Å²) < 4.78 is 15.7. The third-order valence-corrected chi connectivity index (χ3v) is 8.27. The minimum absolute atomic E-state index is 0.0464. The lowest BCUT2D eigenvalue weighted by atomic mass is 10.1. The largest absolute Gasteiger partial charge is 0.467 e. The zero-order valence-electron chi connectivity index (χ0n) is 29.9. The molecule has 2 aromatic carbocycles. The van der Waals surface area contributed by atoms with Crippen molar-refractivity contribution in [2.24, 2.45) is 0 Å². The zero-order valence-corrected chi connectivity index (χ0v) is 29.9. The lowest BCUT2D eigenvalue weighted by Crippen LogP contribution is -2.52. The number of amides is 4. The number of nitrogens with zero attached hydrogens (tertiary/aromatic N) is 2. The number of hydrogen-bond acceptors (Lipinski definition) is 9. The van der Waals surface area contributed by atoms with Crippen molar-refractivity contribution in [1.82, 2.24) is 25.8 Å². The van der Waals surface area contributed by atoms with E-state index in [1.165, 1.54) is 19.1 Å². The Hall–Kier alpha value is -4.65. The van der Waals surface area contributed by atoms with Crippen LogP contribution in [0.15, 0.2) is 60.7 Å². The van der Waals surface area contributed by atoms with Crippen LogP contribution < -0.4 is 16.0 Å². The van der Waals surface area contributed by atoms with E-state index in [4.69, 9.17) is 14.2 Å². The summed E-state index contributed by atoms with van der Waals surface area (Å²) in [5.74, 6) is -1.31. The molecular formula is C37H53N5O8. The molecule has 0 aromatic heterocycles. The van der Waals surface area contributed by atoms with Gasteiger partial charge in [-0.15, -0.1) is 0 Å². The number of rotatable bonds is 17. The number of ether oxygens (including phenoxy) is 3. The Morgan fingerprint density at radius 3 is 2.20 bits per heavy atom. The molecule has 0 unspecified atom stereocenters. The van der Waals surface area contributed by atoms with Crippen molar-refractivity contribution in [3.63, 3.8) is 0 Å². The molecular weight excluding hydrogens is 642 g/mol. The fraction of sp³-hybridized carbons (Fsp3) is 0.541. The van der Waals surface area contributed by atoms with E-state index < -0.39 is 41.7 Å². The molecule has 0 radical (unpaired) electrons. The number of hydrogen-bond donors (Lipinski definition) is 3. The van der Waals surface area contributed by atoms with Gasteiger partial charge in [0.1, 0.15) is 24.3 Å². The van der Waals surface area contributed by atoms with Crippen LogP contribution in [0.4, 0.5) is 9.59 Å². The van der Waals surface area contributed by atoms with Gasteiger partial charge in [-0.1, -0.05) is 60.7 Å². The molecule has 1 aliphatic rings.